The molecule has 9 aromatic rings. The Labute approximate surface area is 313 Å². The highest BCUT2D eigenvalue weighted by Crippen LogP contribution is 2.82. The van der Waals surface area contributed by atoms with Gasteiger partial charge in [-0.3, -0.25) is 9.59 Å². The molecular weight excluding hydrogens is 677 g/mol. The minimum absolute atomic E-state index is 0.191. The van der Waals surface area contributed by atoms with Crippen LogP contribution in [0.1, 0.15) is 88.7 Å². The van der Waals surface area contributed by atoms with Gasteiger partial charge in [0, 0.05) is 30.6 Å². The molecule has 0 spiro atoms. The summed E-state index contributed by atoms with van der Waals surface area (Å²) >= 11 is 0. The molecule has 2 saturated carbocycles. The summed E-state index contributed by atoms with van der Waals surface area (Å²) in [5.74, 6) is 2.72. The number of benzene rings is 5. The summed E-state index contributed by atoms with van der Waals surface area (Å²) in [5, 5.41) is 25.8. The van der Waals surface area contributed by atoms with Crippen LogP contribution in [0, 0.1) is 23.2 Å². The third-order valence-electron chi connectivity index (χ3n) is 17.6. The maximum absolute atomic E-state index is 13.1. The third kappa shape index (κ3) is 2.25. The highest BCUT2D eigenvalue weighted by atomic mass is 16.5. The summed E-state index contributed by atoms with van der Waals surface area (Å²) in [4.78, 5) is 26.3. The zero-order valence-electron chi connectivity index (χ0n) is 29.8. The molecule has 258 valence electrons. The Bertz CT molecular complexity index is 3600. The highest BCUT2D eigenvalue weighted by Gasteiger charge is 2.69. The number of esters is 2. The molecule has 0 amide bonds. The Balaban J connectivity index is 1.12. The number of hydrogen-bond donors (Lipinski definition) is 0. The molecule has 9 aromatic carbocycles. The van der Waals surface area contributed by atoms with Crippen molar-refractivity contribution in [1.29, 1.82) is 0 Å². The van der Waals surface area contributed by atoms with Crippen LogP contribution < -0.4 is 5.22 Å². The van der Waals surface area contributed by atoms with E-state index in [1.54, 1.807) is 59.8 Å². The van der Waals surface area contributed by atoms with E-state index in [-0.39, 0.29) is 42.0 Å². The van der Waals surface area contributed by atoms with Gasteiger partial charge < -0.3 is 9.47 Å². The molecule has 4 nitrogen and oxygen atoms in total. The molecule has 17 rings (SSSR count). The van der Waals surface area contributed by atoms with Gasteiger partial charge in [0.2, 0.25) is 0 Å². The van der Waals surface area contributed by atoms with Crippen LogP contribution in [0.3, 0.4) is 0 Å². The zero-order valence-corrected chi connectivity index (χ0v) is 29.8. The summed E-state index contributed by atoms with van der Waals surface area (Å²) in [6.07, 6.45) is 14.8. The maximum Gasteiger partial charge on any atom is 0.310 e. The molecule has 8 unspecified atom stereocenters. The Morgan fingerprint density at radius 3 is 2.04 bits per heavy atom. The second-order valence-corrected chi connectivity index (χ2v) is 18.6. The number of ether oxygens (including phenoxy) is 2. The van der Waals surface area contributed by atoms with Crippen molar-refractivity contribution in [2.75, 3.05) is 0 Å². The van der Waals surface area contributed by atoms with Gasteiger partial charge in [-0.2, -0.15) is 0 Å². The van der Waals surface area contributed by atoms with Crippen LogP contribution in [0.25, 0.3) is 97.8 Å². The maximum atomic E-state index is 13.1. The average Bonchev–Trinajstić information content (AvgIpc) is 3.81. The van der Waals surface area contributed by atoms with E-state index in [9.17, 15) is 9.59 Å². The molecule has 4 heteroatoms. The molecule has 8 aliphatic rings. The lowest BCUT2D eigenvalue weighted by Gasteiger charge is -2.37. The standard InChI is InChI=1S/C51H30O4/c1-3-54-25(52)13-15-51(16-14-26(53)55-4-2)49-35-23-11-9-21-19-7-5-17-18-6-8-20-22-10-12-24-34-32(22)39-30(20)28(18)37-27(17)29(19)38-31(21)33(23)40-42(35)43(36(24)50(49)51)41(34)48-46(39)44(37)45(38)47(40)48/h3-12,17,19,21,27,29,31,49-50H,1-2,13-16H2. The lowest BCUT2D eigenvalue weighted by Crippen LogP contribution is -2.31. The van der Waals surface area contributed by atoms with E-state index >= 15 is 0 Å². The van der Waals surface area contributed by atoms with Gasteiger partial charge in [0.15, 0.2) is 0 Å². The van der Waals surface area contributed by atoms with Crippen LogP contribution >= 0.6 is 0 Å². The first-order chi connectivity index (χ1) is 27.1. The van der Waals surface area contributed by atoms with Crippen molar-refractivity contribution < 1.29 is 19.1 Å². The van der Waals surface area contributed by atoms with Gasteiger partial charge in [0.25, 0.3) is 0 Å². The monoisotopic (exact) mass is 706 g/mol. The van der Waals surface area contributed by atoms with Crippen molar-refractivity contribution in [2.24, 2.45) is 23.2 Å². The van der Waals surface area contributed by atoms with Crippen molar-refractivity contribution in [3.05, 3.63) is 107 Å². The molecule has 0 radical (unpaired) electrons. The molecule has 2 fully saturated rings. The molecule has 0 bridgehead atoms. The first-order valence-corrected chi connectivity index (χ1v) is 20.4. The predicted octanol–water partition coefficient (Wildman–Crippen LogP) is 10.8. The van der Waals surface area contributed by atoms with Crippen molar-refractivity contribution in [2.45, 2.75) is 55.3 Å². The Kier molecular flexibility index (Phi) is 3.77. The molecular formula is C51H30O4. The number of rotatable bonds is 8. The summed E-state index contributed by atoms with van der Waals surface area (Å²) in [7, 11) is 0. The largest absolute Gasteiger partial charge is 0.435 e. The number of carbonyl (C=O) groups excluding carboxylic acids is 2. The lowest BCUT2D eigenvalue weighted by atomic mass is 9.65. The second kappa shape index (κ2) is 7.71. The van der Waals surface area contributed by atoms with Gasteiger partial charge in [-0.1, -0.05) is 61.7 Å². The van der Waals surface area contributed by atoms with E-state index in [1.807, 2.05) is 0 Å². The zero-order chi connectivity index (χ0) is 35.4. The molecule has 0 N–H and O–H groups in total. The van der Waals surface area contributed by atoms with Crippen molar-refractivity contribution >= 4 is 110 Å². The Hall–Kier alpha value is -5.74. The van der Waals surface area contributed by atoms with Gasteiger partial charge in [-0.05, 0) is 178 Å². The summed E-state index contributed by atoms with van der Waals surface area (Å²) in [5.41, 5.74) is 10.8. The van der Waals surface area contributed by atoms with Gasteiger partial charge in [-0.25, -0.2) is 0 Å². The first kappa shape index (κ1) is 26.9. The van der Waals surface area contributed by atoms with E-state index < -0.39 is 0 Å². The molecule has 0 aliphatic heterocycles. The highest BCUT2D eigenvalue weighted by molar-refractivity contribution is 6.57. The molecule has 0 heterocycles. The number of fused-ring (bicyclic) bond motifs is 8. The summed E-state index contributed by atoms with van der Waals surface area (Å²) in [6.45, 7) is 7.33. The van der Waals surface area contributed by atoms with Crippen molar-refractivity contribution in [3.63, 3.8) is 0 Å². The van der Waals surface area contributed by atoms with Gasteiger partial charge in [0.1, 0.15) is 0 Å². The Morgan fingerprint density at radius 1 is 0.600 bits per heavy atom. The van der Waals surface area contributed by atoms with Gasteiger partial charge in [0.05, 0.1) is 12.5 Å². The van der Waals surface area contributed by atoms with Crippen LogP contribution in [-0.4, -0.2) is 11.9 Å². The number of hydrogen-bond acceptors (Lipinski definition) is 4. The normalized spacial score (nSPS) is 29.6. The number of carbonyl (C=O) groups is 2. The lowest BCUT2D eigenvalue weighted by molar-refractivity contribution is -0.138. The molecule has 0 saturated heterocycles. The average molecular weight is 707 g/mol. The summed E-state index contributed by atoms with van der Waals surface area (Å²) < 4.78 is 10.7. The van der Waals surface area contributed by atoms with E-state index in [4.69, 9.17) is 9.47 Å². The van der Waals surface area contributed by atoms with Gasteiger partial charge >= 0.3 is 11.9 Å². The molecule has 55 heavy (non-hydrogen) atoms. The van der Waals surface area contributed by atoms with Crippen LogP contribution in [0.15, 0.2) is 68.2 Å². The van der Waals surface area contributed by atoms with Crippen LogP contribution in [-0.2, 0) is 19.1 Å². The summed E-state index contributed by atoms with van der Waals surface area (Å²) in [6, 6.07) is 9.89. The predicted molar refractivity (Wildman–Crippen MR) is 217 cm³/mol. The van der Waals surface area contributed by atoms with Gasteiger partial charge in [-0.15, -0.1) is 0 Å². The van der Waals surface area contributed by atoms with Crippen LogP contribution in [0.2, 0.25) is 0 Å². The topological polar surface area (TPSA) is 52.6 Å². The van der Waals surface area contributed by atoms with E-state index in [0.29, 0.717) is 48.3 Å². The quantitative estimate of drug-likeness (QED) is 0.0683. The van der Waals surface area contributed by atoms with Crippen molar-refractivity contribution in [3.8, 4) is 0 Å². The SMILES string of the molecule is C=COC(=O)CCC1(CCC(=O)OC=C)C2c3c4c5c6c3c3c(c7ccc8c9ccc%10c%11c%12c%13c(c6c6c%13c(c%119)c8c7c36)=C3C5C(C=C4)C4C=CC%10C%12C34)C21. The third-order valence-corrected chi connectivity index (χ3v) is 17.6. The second-order valence-electron chi connectivity index (χ2n) is 18.6. The van der Waals surface area contributed by atoms with Crippen LogP contribution in [0.4, 0.5) is 0 Å². The fourth-order valence-electron chi connectivity index (χ4n) is 16.5. The minimum atomic E-state index is -0.296. The smallest absolute Gasteiger partial charge is 0.310 e. The van der Waals surface area contributed by atoms with Crippen LogP contribution in [0.5, 0.6) is 0 Å². The fourth-order valence-corrected chi connectivity index (χ4v) is 16.5. The Morgan fingerprint density at radius 2 is 1.24 bits per heavy atom. The van der Waals surface area contributed by atoms with E-state index in [1.165, 1.54) is 83.1 Å². The number of allylic oxidation sites excluding steroid dienone is 3. The van der Waals surface area contributed by atoms with Crippen molar-refractivity contribution in [1.82, 2.24) is 0 Å². The molecule has 8 aliphatic carbocycles. The first-order valence-electron chi connectivity index (χ1n) is 20.4. The van der Waals surface area contributed by atoms with E-state index in [0.717, 1.165) is 0 Å². The molecule has 0 aromatic heterocycles. The molecule has 8 atom stereocenters. The minimum Gasteiger partial charge on any atom is -0.435 e. The van der Waals surface area contributed by atoms with E-state index in [2.05, 4.69) is 61.7 Å². The fraction of sp³-hybridized carbons (Fsp3) is 0.255.